The van der Waals surface area contributed by atoms with Crippen molar-refractivity contribution >= 4 is 12.0 Å². The molecule has 1 saturated heterocycles. The van der Waals surface area contributed by atoms with Crippen molar-refractivity contribution in [3.63, 3.8) is 0 Å². The van der Waals surface area contributed by atoms with E-state index in [1.165, 1.54) is 4.90 Å². The van der Waals surface area contributed by atoms with Gasteiger partial charge in [-0.2, -0.15) is 0 Å². The van der Waals surface area contributed by atoms with E-state index in [4.69, 9.17) is 9.47 Å². The summed E-state index contributed by atoms with van der Waals surface area (Å²) >= 11 is 0. The van der Waals surface area contributed by atoms with Crippen LogP contribution < -0.4 is 10.1 Å². The fraction of sp³-hybridized carbons (Fsp3) is 0.385. The maximum absolute atomic E-state index is 11.7. The number of hydrogen-bond acceptors (Lipinski definition) is 4. The number of amides is 2. The summed E-state index contributed by atoms with van der Waals surface area (Å²) in [5, 5.41) is 2.75. The molecule has 1 fully saturated rings. The van der Waals surface area contributed by atoms with Gasteiger partial charge < -0.3 is 14.8 Å². The summed E-state index contributed by atoms with van der Waals surface area (Å²) in [4.78, 5) is 24.2. The molecule has 0 unspecified atom stereocenters. The average Bonchev–Trinajstić information content (AvgIpc) is 2.82. The second kappa shape index (κ2) is 6.08. The van der Waals surface area contributed by atoms with Gasteiger partial charge in [-0.15, -0.1) is 0 Å². The predicted octanol–water partition coefficient (Wildman–Crippen LogP) is 0.764. The van der Waals surface area contributed by atoms with Crippen LogP contribution >= 0.6 is 0 Å². The lowest BCUT2D eigenvalue weighted by molar-refractivity contribution is -0.121. The molecular formula is C13H16N2O4. The van der Waals surface area contributed by atoms with Crippen molar-refractivity contribution in [3.8, 4) is 5.75 Å². The zero-order valence-electron chi connectivity index (χ0n) is 10.7. The normalized spacial score (nSPS) is 14.2. The first kappa shape index (κ1) is 13.2. The Hall–Kier alpha value is -2.24. The van der Waals surface area contributed by atoms with Gasteiger partial charge in [0.25, 0.3) is 0 Å². The van der Waals surface area contributed by atoms with Gasteiger partial charge in [0, 0.05) is 6.54 Å². The maximum Gasteiger partial charge on any atom is 0.410 e. The Bertz CT molecular complexity index is 458. The molecule has 1 aromatic rings. The van der Waals surface area contributed by atoms with E-state index in [1.807, 2.05) is 24.3 Å². The monoisotopic (exact) mass is 264 g/mol. The van der Waals surface area contributed by atoms with E-state index in [1.54, 1.807) is 7.11 Å². The van der Waals surface area contributed by atoms with Crippen molar-refractivity contribution in [3.05, 3.63) is 29.8 Å². The first-order valence-corrected chi connectivity index (χ1v) is 6.00. The van der Waals surface area contributed by atoms with Crippen LogP contribution in [0.5, 0.6) is 5.75 Å². The number of rotatable bonds is 5. The largest absolute Gasteiger partial charge is 0.497 e. The molecule has 19 heavy (non-hydrogen) atoms. The van der Waals surface area contributed by atoms with Crippen LogP contribution in [0.25, 0.3) is 0 Å². The maximum atomic E-state index is 11.7. The zero-order chi connectivity index (χ0) is 13.7. The number of cyclic esters (lactones) is 1. The molecule has 0 saturated carbocycles. The Morgan fingerprint density at radius 2 is 2.16 bits per heavy atom. The highest BCUT2D eigenvalue weighted by molar-refractivity contribution is 5.82. The Balaban J connectivity index is 1.77. The van der Waals surface area contributed by atoms with Crippen molar-refractivity contribution in [2.45, 2.75) is 6.54 Å². The minimum Gasteiger partial charge on any atom is -0.497 e. The molecule has 1 heterocycles. The number of ether oxygens (including phenoxy) is 2. The Morgan fingerprint density at radius 3 is 2.74 bits per heavy atom. The highest BCUT2D eigenvalue weighted by Gasteiger charge is 2.23. The van der Waals surface area contributed by atoms with Crippen LogP contribution in [0.2, 0.25) is 0 Å². The van der Waals surface area contributed by atoms with Crippen LogP contribution in [0.15, 0.2) is 24.3 Å². The number of carbonyl (C=O) groups excluding carboxylic acids is 2. The van der Waals surface area contributed by atoms with Gasteiger partial charge in [0.15, 0.2) is 0 Å². The SMILES string of the molecule is COc1ccc(CNC(=O)CN2CCOC2=O)cc1. The fourth-order valence-corrected chi connectivity index (χ4v) is 1.74. The zero-order valence-corrected chi connectivity index (χ0v) is 10.7. The van der Waals surface area contributed by atoms with E-state index >= 15 is 0 Å². The lowest BCUT2D eigenvalue weighted by Crippen LogP contribution is -2.37. The molecule has 1 N–H and O–H groups in total. The lowest BCUT2D eigenvalue weighted by atomic mass is 10.2. The second-order valence-electron chi connectivity index (χ2n) is 4.16. The molecule has 1 aliphatic rings. The quantitative estimate of drug-likeness (QED) is 0.852. The van der Waals surface area contributed by atoms with Crippen LogP contribution in [0.3, 0.4) is 0 Å². The number of hydrogen-bond donors (Lipinski definition) is 1. The first-order chi connectivity index (χ1) is 9.19. The molecule has 1 aliphatic heterocycles. The van der Waals surface area contributed by atoms with Crippen LogP contribution in [-0.2, 0) is 16.1 Å². The lowest BCUT2D eigenvalue weighted by Gasteiger charge is -2.12. The molecule has 0 radical (unpaired) electrons. The predicted molar refractivity (Wildman–Crippen MR) is 67.8 cm³/mol. The molecule has 2 rings (SSSR count). The van der Waals surface area contributed by atoms with Gasteiger partial charge in [0.05, 0.1) is 13.7 Å². The molecule has 6 nitrogen and oxygen atoms in total. The number of nitrogens with zero attached hydrogens (tertiary/aromatic N) is 1. The van der Waals surface area contributed by atoms with Gasteiger partial charge in [-0.05, 0) is 17.7 Å². The topological polar surface area (TPSA) is 67.9 Å². The van der Waals surface area contributed by atoms with E-state index in [-0.39, 0.29) is 12.5 Å². The van der Waals surface area contributed by atoms with Crippen LogP contribution in [0, 0.1) is 0 Å². The highest BCUT2D eigenvalue weighted by Crippen LogP contribution is 2.11. The Labute approximate surface area is 111 Å². The summed E-state index contributed by atoms with van der Waals surface area (Å²) in [5.74, 6) is 0.574. The van der Waals surface area contributed by atoms with Crippen molar-refractivity contribution in [1.29, 1.82) is 0 Å². The number of nitrogens with one attached hydrogen (secondary N) is 1. The molecule has 0 spiro atoms. The molecule has 0 bridgehead atoms. The third kappa shape index (κ3) is 3.61. The fourth-order valence-electron chi connectivity index (χ4n) is 1.74. The van der Waals surface area contributed by atoms with Crippen molar-refractivity contribution in [2.24, 2.45) is 0 Å². The summed E-state index contributed by atoms with van der Waals surface area (Å²) in [6.45, 7) is 1.28. The van der Waals surface area contributed by atoms with E-state index in [2.05, 4.69) is 5.32 Å². The van der Waals surface area contributed by atoms with Gasteiger partial charge >= 0.3 is 6.09 Å². The molecule has 6 heteroatoms. The summed E-state index contributed by atoms with van der Waals surface area (Å²) in [6, 6.07) is 7.42. The molecule has 0 aromatic heterocycles. The number of carbonyl (C=O) groups is 2. The van der Waals surface area contributed by atoms with E-state index < -0.39 is 6.09 Å². The van der Waals surface area contributed by atoms with Crippen molar-refractivity contribution in [1.82, 2.24) is 10.2 Å². The van der Waals surface area contributed by atoms with E-state index in [0.29, 0.717) is 19.7 Å². The molecular weight excluding hydrogens is 248 g/mol. The van der Waals surface area contributed by atoms with Crippen molar-refractivity contribution in [2.75, 3.05) is 26.8 Å². The van der Waals surface area contributed by atoms with Crippen molar-refractivity contribution < 1.29 is 19.1 Å². The second-order valence-corrected chi connectivity index (χ2v) is 4.16. The smallest absolute Gasteiger partial charge is 0.410 e. The van der Waals surface area contributed by atoms with Gasteiger partial charge in [-0.1, -0.05) is 12.1 Å². The Morgan fingerprint density at radius 1 is 1.42 bits per heavy atom. The van der Waals surface area contributed by atoms with Gasteiger partial charge in [-0.3, -0.25) is 9.69 Å². The molecule has 102 valence electrons. The number of benzene rings is 1. The summed E-state index contributed by atoms with van der Waals surface area (Å²) < 4.78 is 9.80. The third-order valence-corrected chi connectivity index (χ3v) is 2.83. The van der Waals surface area contributed by atoms with E-state index in [9.17, 15) is 9.59 Å². The highest BCUT2D eigenvalue weighted by atomic mass is 16.6. The Kier molecular flexibility index (Phi) is 4.22. The number of methoxy groups -OCH3 is 1. The molecule has 0 atom stereocenters. The average molecular weight is 264 g/mol. The van der Waals surface area contributed by atoms with Crippen LogP contribution in [0.1, 0.15) is 5.56 Å². The summed E-state index contributed by atoms with van der Waals surface area (Å²) in [6.07, 6.45) is -0.431. The van der Waals surface area contributed by atoms with Gasteiger partial charge in [0.1, 0.15) is 18.9 Å². The summed E-state index contributed by atoms with van der Waals surface area (Å²) in [7, 11) is 1.60. The van der Waals surface area contributed by atoms with Gasteiger partial charge in [-0.25, -0.2) is 4.79 Å². The van der Waals surface area contributed by atoms with E-state index in [0.717, 1.165) is 11.3 Å². The molecule has 2 amide bonds. The van der Waals surface area contributed by atoms with Crippen LogP contribution in [-0.4, -0.2) is 43.7 Å². The minimum absolute atomic E-state index is 0.0367. The molecule has 0 aliphatic carbocycles. The summed E-state index contributed by atoms with van der Waals surface area (Å²) in [5.41, 5.74) is 0.971. The third-order valence-electron chi connectivity index (χ3n) is 2.83. The van der Waals surface area contributed by atoms with Gasteiger partial charge in [0.2, 0.25) is 5.91 Å². The minimum atomic E-state index is -0.431. The molecule has 1 aromatic carbocycles. The first-order valence-electron chi connectivity index (χ1n) is 6.00. The standard InChI is InChI=1S/C13H16N2O4/c1-18-11-4-2-10(3-5-11)8-14-12(16)9-15-6-7-19-13(15)17/h2-5H,6-9H2,1H3,(H,14,16). The van der Waals surface area contributed by atoms with Crippen LogP contribution in [0.4, 0.5) is 4.79 Å².